The number of rotatable bonds is 3. The van der Waals surface area contributed by atoms with Gasteiger partial charge in [-0.05, 0) is 30.2 Å². The summed E-state index contributed by atoms with van der Waals surface area (Å²) in [6.07, 6.45) is 0.230. The third kappa shape index (κ3) is 2.97. The molecule has 0 heterocycles. The van der Waals surface area contributed by atoms with Gasteiger partial charge in [-0.25, -0.2) is 0 Å². The van der Waals surface area contributed by atoms with E-state index in [0.29, 0.717) is 5.02 Å². The van der Waals surface area contributed by atoms with Gasteiger partial charge in [0.1, 0.15) is 6.04 Å². The zero-order chi connectivity index (χ0) is 10.7. The van der Waals surface area contributed by atoms with Crippen LogP contribution in [0, 0.1) is 0 Å². The van der Waals surface area contributed by atoms with Gasteiger partial charge in [-0.1, -0.05) is 27.5 Å². The molecule has 0 fully saturated rings. The minimum absolute atomic E-state index is 0.230. The van der Waals surface area contributed by atoms with Crippen LogP contribution in [0.15, 0.2) is 22.7 Å². The van der Waals surface area contributed by atoms with Crippen molar-refractivity contribution in [1.29, 1.82) is 0 Å². The highest BCUT2D eigenvalue weighted by atomic mass is 79.9. The Kier molecular flexibility index (Phi) is 3.92. The molecular formula is C9H9BrClNO2. The Morgan fingerprint density at radius 2 is 2.29 bits per heavy atom. The van der Waals surface area contributed by atoms with Gasteiger partial charge in [0.05, 0.1) is 0 Å². The first-order chi connectivity index (χ1) is 6.50. The molecular weight excluding hydrogens is 269 g/mol. The van der Waals surface area contributed by atoms with Crippen LogP contribution in [0.2, 0.25) is 5.02 Å². The van der Waals surface area contributed by atoms with E-state index >= 15 is 0 Å². The monoisotopic (exact) mass is 277 g/mol. The summed E-state index contributed by atoms with van der Waals surface area (Å²) in [7, 11) is 0. The molecule has 0 radical (unpaired) electrons. The lowest BCUT2D eigenvalue weighted by Crippen LogP contribution is -2.32. The second-order valence-corrected chi connectivity index (χ2v) is 4.21. The van der Waals surface area contributed by atoms with Crippen LogP contribution < -0.4 is 5.73 Å². The van der Waals surface area contributed by atoms with Gasteiger partial charge >= 0.3 is 5.97 Å². The molecule has 1 aromatic rings. The van der Waals surface area contributed by atoms with E-state index in [-0.39, 0.29) is 6.42 Å². The van der Waals surface area contributed by atoms with E-state index in [1.165, 1.54) is 0 Å². The smallest absolute Gasteiger partial charge is 0.320 e. The maximum Gasteiger partial charge on any atom is 0.320 e. The molecule has 0 aromatic heterocycles. The number of aliphatic carboxylic acids is 1. The predicted molar refractivity (Wildman–Crippen MR) is 58.5 cm³/mol. The van der Waals surface area contributed by atoms with Crippen LogP contribution in [-0.4, -0.2) is 17.1 Å². The Hall–Kier alpha value is -0.580. The molecule has 0 unspecified atom stereocenters. The van der Waals surface area contributed by atoms with Gasteiger partial charge in [-0.2, -0.15) is 0 Å². The normalized spacial score (nSPS) is 12.5. The lowest BCUT2D eigenvalue weighted by atomic mass is 10.1. The predicted octanol–water partition coefficient (Wildman–Crippen LogP) is 2.06. The van der Waals surface area contributed by atoms with E-state index in [9.17, 15) is 4.79 Å². The van der Waals surface area contributed by atoms with Crippen molar-refractivity contribution in [3.63, 3.8) is 0 Å². The first-order valence-corrected chi connectivity index (χ1v) is 5.10. The van der Waals surface area contributed by atoms with Gasteiger partial charge in [-0.15, -0.1) is 0 Å². The van der Waals surface area contributed by atoms with Crippen molar-refractivity contribution in [2.24, 2.45) is 5.73 Å². The highest BCUT2D eigenvalue weighted by molar-refractivity contribution is 9.10. The Bertz CT molecular complexity index is 357. The summed E-state index contributed by atoms with van der Waals surface area (Å²) < 4.78 is 0.856. The van der Waals surface area contributed by atoms with Gasteiger partial charge < -0.3 is 10.8 Å². The fourth-order valence-electron chi connectivity index (χ4n) is 1.02. The summed E-state index contributed by atoms with van der Waals surface area (Å²) in [6.45, 7) is 0. The molecule has 3 N–H and O–H groups in total. The largest absolute Gasteiger partial charge is 0.480 e. The van der Waals surface area contributed by atoms with Crippen LogP contribution in [-0.2, 0) is 11.2 Å². The third-order valence-electron chi connectivity index (χ3n) is 1.76. The van der Waals surface area contributed by atoms with Gasteiger partial charge in [0, 0.05) is 9.50 Å². The minimum atomic E-state index is -1.03. The molecule has 76 valence electrons. The number of carboxylic acid groups (broad SMARTS) is 1. The van der Waals surface area contributed by atoms with Crippen LogP contribution >= 0.6 is 27.5 Å². The standard InChI is InChI=1S/C9H9BrClNO2/c10-6-1-2-7(11)5(3-6)4-8(12)9(13)14/h1-3,8H,4,12H2,(H,13,14)/t8-/m1/s1. The summed E-state index contributed by atoms with van der Waals surface area (Å²) in [5.74, 6) is -1.03. The van der Waals surface area contributed by atoms with Gasteiger partial charge in [0.25, 0.3) is 0 Å². The van der Waals surface area contributed by atoms with Crippen molar-refractivity contribution in [2.45, 2.75) is 12.5 Å². The summed E-state index contributed by atoms with van der Waals surface area (Å²) in [6, 6.07) is 4.35. The molecule has 0 saturated heterocycles. The molecule has 1 aromatic carbocycles. The molecule has 1 rings (SSSR count). The molecule has 0 bridgehead atoms. The number of halogens is 2. The van der Waals surface area contributed by atoms with Crippen LogP contribution in [0.1, 0.15) is 5.56 Å². The molecule has 14 heavy (non-hydrogen) atoms. The van der Waals surface area contributed by atoms with E-state index in [2.05, 4.69) is 15.9 Å². The highest BCUT2D eigenvalue weighted by Gasteiger charge is 2.13. The first-order valence-electron chi connectivity index (χ1n) is 3.93. The number of benzene rings is 1. The van der Waals surface area contributed by atoms with Crippen LogP contribution in [0.25, 0.3) is 0 Å². The first kappa shape index (κ1) is 11.5. The molecule has 3 nitrogen and oxygen atoms in total. The number of carboxylic acids is 1. The highest BCUT2D eigenvalue weighted by Crippen LogP contribution is 2.21. The van der Waals surface area contributed by atoms with Crippen molar-refractivity contribution < 1.29 is 9.90 Å². The molecule has 0 spiro atoms. The van der Waals surface area contributed by atoms with Crippen LogP contribution in [0.3, 0.4) is 0 Å². The van der Waals surface area contributed by atoms with Gasteiger partial charge in [-0.3, -0.25) is 4.79 Å². The van der Waals surface area contributed by atoms with E-state index in [1.807, 2.05) is 0 Å². The lowest BCUT2D eigenvalue weighted by molar-refractivity contribution is -0.138. The quantitative estimate of drug-likeness (QED) is 0.889. The fraction of sp³-hybridized carbons (Fsp3) is 0.222. The zero-order valence-electron chi connectivity index (χ0n) is 7.21. The molecule has 5 heteroatoms. The van der Waals surface area contributed by atoms with E-state index < -0.39 is 12.0 Å². The Morgan fingerprint density at radius 1 is 1.64 bits per heavy atom. The van der Waals surface area contributed by atoms with Crippen molar-refractivity contribution in [2.75, 3.05) is 0 Å². The summed E-state index contributed by atoms with van der Waals surface area (Å²) in [4.78, 5) is 10.5. The summed E-state index contributed by atoms with van der Waals surface area (Å²) in [5, 5.41) is 9.16. The molecule has 0 amide bonds. The van der Waals surface area contributed by atoms with Gasteiger partial charge in [0.2, 0.25) is 0 Å². The van der Waals surface area contributed by atoms with Gasteiger partial charge in [0.15, 0.2) is 0 Å². The summed E-state index contributed by atoms with van der Waals surface area (Å²) in [5.41, 5.74) is 6.13. The SMILES string of the molecule is N[C@H](Cc1cc(Br)ccc1Cl)C(=O)O. The van der Waals surface area contributed by atoms with E-state index in [1.54, 1.807) is 18.2 Å². The van der Waals surface area contributed by atoms with Crippen molar-refractivity contribution >= 4 is 33.5 Å². The minimum Gasteiger partial charge on any atom is -0.480 e. The molecule has 0 saturated carbocycles. The van der Waals surface area contributed by atoms with Crippen molar-refractivity contribution in [3.8, 4) is 0 Å². The van der Waals surface area contributed by atoms with Crippen molar-refractivity contribution in [1.82, 2.24) is 0 Å². The van der Waals surface area contributed by atoms with E-state index in [0.717, 1.165) is 10.0 Å². The number of hydrogen-bond acceptors (Lipinski definition) is 2. The number of nitrogens with two attached hydrogens (primary N) is 1. The molecule has 0 aliphatic carbocycles. The zero-order valence-corrected chi connectivity index (χ0v) is 9.55. The lowest BCUT2D eigenvalue weighted by Gasteiger charge is -2.08. The second-order valence-electron chi connectivity index (χ2n) is 2.88. The van der Waals surface area contributed by atoms with E-state index in [4.69, 9.17) is 22.4 Å². The topological polar surface area (TPSA) is 63.3 Å². The van der Waals surface area contributed by atoms with Crippen molar-refractivity contribution in [3.05, 3.63) is 33.3 Å². The third-order valence-corrected chi connectivity index (χ3v) is 2.63. The van der Waals surface area contributed by atoms with Crippen LogP contribution in [0.5, 0.6) is 0 Å². The number of carbonyl (C=O) groups is 1. The molecule has 0 aliphatic heterocycles. The molecule has 0 aliphatic rings. The molecule has 1 atom stereocenters. The average molecular weight is 279 g/mol. The maximum absolute atomic E-state index is 10.5. The Morgan fingerprint density at radius 3 is 2.86 bits per heavy atom. The average Bonchev–Trinajstić information content (AvgIpc) is 2.11. The fourth-order valence-corrected chi connectivity index (χ4v) is 1.63. The number of hydrogen-bond donors (Lipinski definition) is 2. The Balaban J connectivity index is 2.85. The summed E-state index contributed by atoms with van der Waals surface area (Å²) >= 11 is 9.15. The maximum atomic E-state index is 10.5. The van der Waals surface area contributed by atoms with Crippen LogP contribution in [0.4, 0.5) is 0 Å². The Labute approximate surface area is 95.0 Å². The second kappa shape index (κ2) is 4.77.